The molecule has 0 bridgehead atoms. The van der Waals surface area contributed by atoms with Crippen molar-refractivity contribution in [2.75, 3.05) is 33.4 Å². The minimum Gasteiger partial charge on any atom is -0.497 e. The minimum atomic E-state index is -0.343. The smallest absolute Gasteiger partial charge is 0.344 e. The maximum absolute atomic E-state index is 11.7. The van der Waals surface area contributed by atoms with E-state index in [2.05, 4.69) is 13.8 Å². The summed E-state index contributed by atoms with van der Waals surface area (Å²) < 4.78 is 15.8. The molecule has 0 aliphatic carbocycles. The molecule has 0 aliphatic rings. The summed E-state index contributed by atoms with van der Waals surface area (Å²) in [7, 11) is 1.60. The lowest BCUT2D eigenvalue weighted by Gasteiger charge is -2.20. The van der Waals surface area contributed by atoms with Crippen molar-refractivity contribution < 1.29 is 23.9 Å². The second-order valence-electron chi connectivity index (χ2n) is 4.93. The monoisotopic (exact) mass is 296 g/mol. The van der Waals surface area contributed by atoms with Gasteiger partial charge in [0.15, 0.2) is 6.61 Å². The molecule has 0 saturated carbocycles. The fraction of sp³-hybridized carbons (Fsp3) is 0.562. The SMILES string of the molecule is CC[NH+](CC)C[C@@H](C)OC(=O)COc1ccc(OC)cc1. The summed E-state index contributed by atoms with van der Waals surface area (Å²) in [5, 5.41) is 0. The summed E-state index contributed by atoms with van der Waals surface area (Å²) >= 11 is 0. The van der Waals surface area contributed by atoms with E-state index in [9.17, 15) is 4.79 Å². The number of methoxy groups -OCH3 is 1. The number of hydrogen-bond acceptors (Lipinski definition) is 4. The molecule has 5 nitrogen and oxygen atoms in total. The average molecular weight is 296 g/mol. The largest absolute Gasteiger partial charge is 0.497 e. The number of esters is 1. The lowest BCUT2D eigenvalue weighted by Crippen LogP contribution is -3.12. The van der Waals surface area contributed by atoms with Crippen LogP contribution in [-0.4, -0.2) is 45.4 Å². The van der Waals surface area contributed by atoms with Gasteiger partial charge in [-0.2, -0.15) is 0 Å². The third kappa shape index (κ3) is 6.49. The van der Waals surface area contributed by atoms with Crippen molar-refractivity contribution in [1.29, 1.82) is 0 Å². The van der Waals surface area contributed by atoms with E-state index < -0.39 is 0 Å². The Morgan fingerprint density at radius 2 is 1.71 bits per heavy atom. The number of nitrogens with one attached hydrogen (secondary N) is 1. The molecule has 1 N–H and O–H groups in total. The fourth-order valence-electron chi connectivity index (χ4n) is 2.06. The van der Waals surface area contributed by atoms with E-state index in [0.29, 0.717) is 5.75 Å². The molecule has 0 spiro atoms. The van der Waals surface area contributed by atoms with Crippen molar-refractivity contribution in [2.24, 2.45) is 0 Å². The summed E-state index contributed by atoms with van der Waals surface area (Å²) in [6.07, 6.45) is -0.105. The first-order valence-electron chi connectivity index (χ1n) is 7.38. The number of hydrogen-bond donors (Lipinski definition) is 1. The molecule has 0 aliphatic heterocycles. The number of likely N-dealkylation sites (N-methyl/N-ethyl adjacent to an activating group) is 1. The van der Waals surface area contributed by atoms with Crippen LogP contribution in [-0.2, 0) is 9.53 Å². The molecule has 0 fully saturated rings. The van der Waals surface area contributed by atoms with Crippen LogP contribution in [0.3, 0.4) is 0 Å². The highest BCUT2D eigenvalue weighted by atomic mass is 16.6. The predicted octanol–water partition coefficient (Wildman–Crippen LogP) is 0.930. The van der Waals surface area contributed by atoms with Gasteiger partial charge in [0.1, 0.15) is 24.1 Å². The Hall–Kier alpha value is -1.75. The van der Waals surface area contributed by atoms with Gasteiger partial charge >= 0.3 is 5.97 Å². The van der Waals surface area contributed by atoms with E-state index in [1.54, 1.807) is 31.4 Å². The van der Waals surface area contributed by atoms with Gasteiger partial charge in [-0.3, -0.25) is 0 Å². The fourth-order valence-corrected chi connectivity index (χ4v) is 2.06. The standard InChI is InChI=1S/C16H25NO4/c1-5-17(6-2)11-13(3)21-16(18)12-20-15-9-7-14(19-4)8-10-15/h7-10,13H,5-6,11-12H2,1-4H3/p+1/t13-/m1/s1. The molecule has 0 saturated heterocycles. The van der Waals surface area contributed by atoms with Gasteiger partial charge in [-0.15, -0.1) is 0 Å². The van der Waals surface area contributed by atoms with Crippen molar-refractivity contribution in [3.8, 4) is 11.5 Å². The normalized spacial score (nSPS) is 12.0. The molecule has 1 aromatic rings. The number of benzene rings is 1. The summed E-state index contributed by atoms with van der Waals surface area (Å²) in [5.74, 6) is 1.03. The van der Waals surface area contributed by atoms with Crippen LogP contribution >= 0.6 is 0 Å². The Bertz CT molecular complexity index is 415. The van der Waals surface area contributed by atoms with Gasteiger partial charge in [-0.1, -0.05) is 0 Å². The van der Waals surface area contributed by atoms with Crippen LogP contribution < -0.4 is 14.4 Å². The molecule has 0 aromatic heterocycles. The summed E-state index contributed by atoms with van der Waals surface area (Å²) in [6.45, 7) is 8.96. The summed E-state index contributed by atoms with van der Waals surface area (Å²) in [5.41, 5.74) is 0. The first-order chi connectivity index (χ1) is 10.1. The van der Waals surface area contributed by atoms with Crippen molar-refractivity contribution in [1.82, 2.24) is 0 Å². The van der Waals surface area contributed by atoms with Gasteiger partial charge in [-0.25, -0.2) is 4.79 Å². The zero-order chi connectivity index (χ0) is 15.7. The molecule has 0 amide bonds. The van der Waals surface area contributed by atoms with E-state index in [4.69, 9.17) is 14.2 Å². The summed E-state index contributed by atoms with van der Waals surface area (Å²) in [6, 6.07) is 7.09. The van der Waals surface area contributed by atoms with E-state index in [1.165, 1.54) is 4.90 Å². The first-order valence-corrected chi connectivity index (χ1v) is 7.38. The molecular formula is C16H26NO4+. The van der Waals surface area contributed by atoms with Gasteiger partial charge in [0.2, 0.25) is 0 Å². The van der Waals surface area contributed by atoms with Crippen LogP contribution in [0.25, 0.3) is 0 Å². The quantitative estimate of drug-likeness (QED) is 0.689. The zero-order valence-electron chi connectivity index (χ0n) is 13.3. The van der Waals surface area contributed by atoms with Crippen molar-refractivity contribution in [2.45, 2.75) is 26.9 Å². The molecule has 5 heteroatoms. The van der Waals surface area contributed by atoms with Crippen LogP contribution in [0.2, 0.25) is 0 Å². The van der Waals surface area contributed by atoms with Crippen LogP contribution in [0.15, 0.2) is 24.3 Å². The van der Waals surface area contributed by atoms with Gasteiger partial charge in [0.05, 0.1) is 20.2 Å². The number of quaternary nitrogens is 1. The second kappa shape index (κ2) is 9.23. The number of carbonyl (C=O) groups excluding carboxylic acids is 1. The third-order valence-electron chi connectivity index (χ3n) is 3.32. The highest BCUT2D eigenvalue weighted by molar-refractivity contribution is 5.71. The highest BCUT2D eigenvalue weighted by Gasteiger charge is 2.15. The predicted molar refractivity (Wildman–Crippen MR) is 81.0 cm³/mol. The van der Waals surface area contributed by atoms with Crippen LogP contribution in [0.1, 0.15) is 20.8 Å². The van der Waals surface area contributed by atoms with Crippen LogP contribution in [0.4, 0.5) is 0 Å². The van der Waals surface area contributed by atoms with Gasteiger partial charge in [-0.05, 0) is 45.0 Å². The molecule has 1 atom stereocenters. The molecule has 0 radical (unpaired) electrons. The van der Waals surface area contributed by atoms with Crippen molar-refractivity contribution in [3.05, 3.63) is 24.3 Å². The maximum atomic E-state index is 11.7. The number of carbonyl (C=O) groups is 1. The Morgan fingerprint density at radius 3 is 2.24 bits per heavy atom. The topological polar surface area (TPSA) is 49.2 Å². The molecule has 21 heavy (non-hydrogen) atoms. The molecule has 0 unspecified atom stereocenters. The molecular weight excluding hydrogens is 270 g/mol. The molecule has 118 valence electrons. The van der Waals surface area contributed by atoms with Gasteiger partial charge in [0, 0.05) is 0 Å². The van der Waals surface area contributed by atoms with Crippen LogP contribution in [0, 0.1) is 0 Å². The Morgan fingerprint density at radius 1 is 1.14 bits per heavy atom. The molecule has 1 aromatic carbocycles. The van der Waals surface area contributed by atoms with E-state index >= 15 is 0 Å². The number of rotatable bonds is 9. The van der Waals surface area contributed by atoms with E-state index in [1.807, 2.05) is 6.92 Å². The maximum Gasteiger partial charge on any atom is 0.344 e. The lowest BCUT2D eigenvalue weighted by molar-refractivity contribution is -0.899. The second-order valence-corrected chi connectivity index (χ2v) is 4.93. The highest BCUT2D eigenvalue weighted by Crippen LogP contribution is 2.16. The zero-order valence-corrected chi connectivity index (χ0v) is 13.3. The Labute approximate surface area is 126 Å². The van der Waals surface area contributed by atoms with Crippen molar-refractivity contribution in [3.63, 3.8) is 0 Å². The summed E-state index contributed by atoms with van der Waals surface area (Å²) in [4.78, 5) is 13.1. The Balaban J connectivity index is 2.32. The molecule has 1 rings (SSSR count). The van der Waals surface area contributed by atoms with Gasteiger partial charge < -0.3 is 19.1 Å². The van der Waals surface area contributed by atoms with E-state index in [0.717, 1.165) is 25.4 Å². The molecule has 0 heterocycles. The first kappa shape index (κ1) is 17.3. The minimum absolute atomic E-state index is 0.0791. The average Bonchev–Trinajstić information content (AvgIpc) is 2.51. The lowest BCUT2D eigenvalue weighted by atomic mass is 10.3. The van der Waals surface area contributed by atoms with Crippen LogP contribution in [0.5, 0.6) is 11.5 Å². The third-order valence-corrected chi connectivity index (χ3v) is 3.32. The number of ether oxygens (including phenoxy) is 3. The van der Waals surface area contributed by atoms with Gasteiger partial charge in [0.25, 0.3) is 0 Å². The van der Waals surface area contributed by atoms with E-state index in [-0.39, 0.29) is 18.7 Å². The van der Waals surface area contributed by atoms with Crippen molar-refractivity contribution >= 4 is 5.97 Å². The Kier molecular flexibility index (Phi) is 7.61.